The molecule has 2 rings (SSSR count). The summed E-state index contributed by atoms with van der Waals surface area (Å²) in [7, 11) is 0. The number of hydrogen-bond acceptors (Lipinski definition) is 2. The molecule has 0 saturated carbocycles. The van der Waals surface area contributed by atoms with Gasteiger partial charge in [0.25, 0.3) is 5.91 Å². The minimum Gasteiger partial charge on any atom is -0.481 e. The summed E-state index contributed by atoms with van der Waals surface area (Å²) in [6.45, 7) is 5.28. The summed E-state index contributed by atoms with van der Waals surface area (Å²) in [6, 6.07) is 9.42. The standard InChI is InChI=1S/C17H17ClFNO2/c1-10-4-6-14(19)9-15(10)20-17(21)12(3)22-16-7-5-13(18)8-11(16)2/h4-9,12H,1-3H3,(H,20,21). The Kier molecular flexibility index (Phi) is 5.03. The lowest BCUT2D eigenvalue weighted by molar-refractivity contribution is -0.122. The van der Waals surface area contributed by atoms with Gasteiger partial charge < -0.3 is 10.1 Å². The number of hydrogen-bond donors (Lipinski definition) is 1. The predicted octanol–water partition coefficient (Wildman–Crippen LogP) is 4.50. The number of rotatable bonds is 4. The Bertz CT molecular complexity index is 703. The molecule has 22 heavy (non-hydrogen) atoms. The van der Waals surface area contributed by atoms with Crippen LogP contribution in [-0.2, 0) is 4.79 Å². The third kappa shape index (κ3) is 3.98. The molecule has 3 nitrogen and oxygen atoms in total. The van der Waals surface area contributed by atoms with Crippen LogP contribution in [-0.4, -0.2) is 12.0 Å². The lowest BCUT2D eigenvalue weighted by Crippen LogP contribution is -2.30. The first-order valence-electron chi connectivity index (χ1n) is 6.86. The van der Waals surface area contributed by atoms with Crippen molar-refractivity contribution in [2.45, 2.75) is 26.9 Å². The molecule has 0 spiro atoms. The number of carbonyl (C=O) groups excluding carboxylic acids is 1. The zero-order valence-corrected chi connectivity index (χ0v) is 13.4. The topological polar surface area (TPSA) is 38.3 Å². The number of anilines is 1. The highest BCUT2D eigenvalue weighted by molar-refractivity contribution is 6.30. The van der Waals surface area contributed by atoms with Crippen molar-refractivity contribution in [1.29, 1.82) is 0 Å². The molecule has 1 atom stereocenters. The van der Waals surface area contributed by atoms with Crippen LogP contribution in [0.15, 0.2) is 36.4 Å². The van der Waals surface area contributed by atoms with Crippen LogP contribution >= 0.6 is 11.6 Å². The van der Waals surface area contributed by atoms with E-state index in [0.29, 0.717) is 16.5 Å². The zero-order valence-electron chi connectivity index (χ0n) is 12.6. The SMILES string of the molecule is Cc1ccc(F)cc1NC(=O)C(C)Oc1ccc(Cl)cc1C. The van der Waals surface area contributed by atoms with Gasteiger partial charge in [-0.3, -0.25) is 4.79 Å². The Morgan fingerprint density at radius 3 is 2.59 bits per heavy atom. The van der Waals surface area contributed by atoms with Gasteiger partial charge in [-0.25, -0.2) is 4.39 Å². The normalized spacial score (nSPS) is 11.9. The first kappa shape index (κ1) is 16.3. The number of amides is 1. The van der Waals surface area contributed by atoms with Crippen molar-refractivity contribution in [2.75, 3.05) is 5.32 Å². The Hall–Kier alpha value is -2.07. The first-order chi connectivity index (χ1) is 10.4. The molecular weight excluding hydrogens is 305 g/mol. The fraction of sp³-hybridized carbons (Fsp3) is 0.235. The third-order valence-corrected chi connectivity index (χ3v) is 3.50. The van der Waals surface area contributed by atoms with Gasteiger partial charge >= 0.3 is 0 Å². The van der Waals surface area contributed by atoms with Crippen LogP contribution < -0.4 is 10.1 Å². The van der Waals surface area contributed by atoms with Gasteiger partial charge in [-0.2, -0.15) is 0 Å². The smallest absolute Gasteiger partial charge is 0.265 e. The van der Waals surface area contributed by atoms with Crippen molar-refractivity contribution >= 4 is 23.2 Å². The van der Waals surface area contributed by atoms with E-state index in [4.69, 9.17) is 16.3 Å². The van der Waals surface area contributed by atoms with Crippen LogP contribution in [0.5, 0.6) is 5.75 Å². The second-order valence-corrected chi connectivity index (χ2v) is 5.55. The van der Waals surface area contributed by atoms with Gasteiger partial charge in [0, 0.05) is 10.7 Å². The first-order valence-corrected chi connectivity index (χ1v) is 7.24. The average molecular weight is 322 g/mol. The van der Waals surface area contributed by atoms with Gasteiger partial charge in [0.2, 0.25) is 0 Å². The van der Waals surface area contributed by atoms with E-state index in [9.17, 15) is 9.18 Å². The van der Waals surface area contributed by atoms with Crippen molar-refractivity contribution in [3.8, 4) is 5.75 Å². The number of ether oxygens (including phenoxy) is 1. The number of halogens is 2. The highest BCUT2D eigenvalue weighted by Crippen LogP contribution is 2.23. The lowest BCUT2D eigenvalue weighted by Gasteiger charge is -2.17. The summed E-state index contributed by atoms with van der Waals surface area (Å²) in [4.78, 5) is 12.2. The molecule has 1 amide bonds. The van der Waals surface area contributed by atoms with E-state index in [-0.39, 0.29) is 5.91 Å². The van der Waals surface area contributed by atoms with E-state index in [1.807, 2.05) is 6.92 Å². The number of aryl methyl sites for hydroxylation is 2. The summed E-state index contributed by atoms with van der Waals surface area (Å²) in [5.41, 5.74) is 2.06. The highest BCUT2D eigenvalue weighted by atomic mass is 35.5. The second-order valence-electron chi connectivity index (χ2n) is 5.12. The molecule has 2 aromatic rings. The van der Waals surface area contributed by atoms with E-state index in [2.05, 4.69) is 5.32 Å². The molecule has 1 unspecified atom stereocenters. The van der Waals surface area contributed by atoms with Gasteiger partial charge in [0.15, 0.2) is 6.10 Å². The van der Waals surface area contributed by atoms with Crippen LogP contribution in [0.25, 0.3) is 0 Å². The molecule has 0 saturated heterocycles. The Balaban J connectivity index is 2.07. The lowest BCUT2D eigenvalue weighted by atomic mass is 10.2. The molecule has 1 N–H and O–H groups in total. The van der Waals surface area contributed by atoms with Gasteiger partial charge in [0.05, 0.1) is 0 Å². The quantitative estimate of drug-likeness (QED) is 0.900. The van der Waals surface area contributed by atoms with Crippen LogP contribution in [0.2, 0.25) is 5.02 Å². The van der Waals surface area contributed by atoms with Gasteiger partial charge in [0.1, 0.15) is 11.6 Å². The van der Waals surface area contributed by atoms with Crippen LogP contribution in [0, 0.1) is 19.7 Å². The third-order valence-electron chi connectivity index (χ3n) is 3.27. The van der Waals surface area contributed by atoms with E-state index in [1.165, 1.54) is 12.1 Å². The zero-order chi connectivity index (χ0) is 16.3. The Morgan fingerprint density at radius 2 is 1.91 bits per heavy atom. The van der Waals surface area contributed by atoms with E-state index in [0.717, 1.165) is 11.1 Å². The maximum atomic E-state index is 13.2. The predicted molar refractivity (Wildman–Crippen MR) is 86.0 cm³/mol. The van der Waals surface area contributed by atoms with Crippen molar-refractivity contribution in [1.82, 2.24) is 0 Å². The maximum absolute atomic E-state index is 13.2. The van der Waals surface area contributed by atoms with Crippen molar-refractivity contribution in [3.63, 3.8) is 0 Å². The minimum absolute atomic E-state index is 0.344. The van der Waals surface area contributed by atoms with Gasteiger partial charge in [-0.1, -0.05) is 17.7 Å². The number of carbonyl (C=O) groups is 1. The molecule has 0 aliphatic rings. The van der Waals surface area contributed by atoms with Crippen molar-refractivity contribution in [2.24, 2.45) is 0 Å². The molecule has 0 aliphatic carbocycles. The van der Waals surface area contributed by atoms with Gasteiger partial charge in [-0.05, 0) is 62.2 Å². The average Bonchev–Trinajstić information content (AvgIpc) is 2.45. The summed E-state index contributed by atoms with van der Waals surface area (Å²) >= 11 is 5.89. The minimum atomic E-state index is -0.720. The fourth-order valence-corrected chi connectivity index (χ4v) is 2.18. The molecule has 0 fully saturated rings. The largest absolute Gasteiger partial charge is 0.481 e. The molecule has 0 radical (unpaired) electrons. The monoisotopic (exact) mass is 321 g/mol. The van der Waals surface area contributed by atoms with Crippen LogP contribution in [0.4, 0.5) is 10.1 Å². The Morgan fingerprint density at radius 1 is 1.18 bits per heavy atom. The summed E-state index contributed by atoms with van der Waals surface area (Å²) in [6.07, 6.45) is -0.720. The second kappa shape index (κ2) is 6.79. The molecule has 0 bridgehead atoms. The van der Waals surface area contributed by atoms with E-state index in [1.54, 1.807) is 38.1 Å². The summed E-state index contributed by atoms with van der Waals surface area (Å²) in [5.74, 6) is -0.158. The molecule has 116 valence electrons. The Labute approximate surface area is 134 Å². The van der Waals surface area contributed by atoms with Crippen molar-refractivity contribution in [3.05, 3.63) is 58.4 Å². The molecule has 5 heteroatoms. The van der Waals surface area contributed by atoms with Gasteiger partial charge in [-0.15, -0.1) is 0 Å². The van der Waals surface area contributed by atoms with E-state index >= 15 is 0 Å². The maximum Gasteiger partial charge on any atom is 0.265 e. The molecular formula is C17H17ClFNO2. The van der Waals surface area contributed by atoms with Crippen LogP contribution in [0.3, 0.4) is 0 Å². The molecule has 0 aromatic heterocycles. The van der Waals surface area contributed by atoms with Crippen LogP contribution in [0.1, 0.15) is 18.1 Å². The fourth-order valence-electron chi connectivity index (χ4n) is 1.95. The number of nitrogens with one attached hydrogen (secondary N) is 1. The van der Waals surface area contributed by atoms with Crippen molar-refractivity contribution < 1.29 is 13.9 Å². The number of benzene rings is 2. The summed E-state index contributed by atoms with van der Waals surface area (Å²) in [5, 5.41) is 3.28. The molecule has 0 aliphatic heterocycles. The van der Waals surface area contributed by atoms with E-state index < -0.39 is 11.9 Å². The molecule has 2 aromatic carbocycles. The highest BCUT2D eigenvalue weighted by Gasteiger charge is 2.17. The molecule has 0 heterocycles. The summed E-state index contributed by atoms with van der Waals surface area (Å²) < 4.78 is 18.9.